The van der Waals surface area contributed by atoms with Gasteiger partial charge in [0.1, 0.15) is 23.4 Å². The Hall–Kier alpha value is -3.29. The van der Waals surface area contributed by atoms with E-state index >= 15 is 0 Å². The van der Waals surface area contributed by atoms with Gasteiger partial charge in [-0.25, -0.2) is 22.6 Å². The van der Waals surface area contributed by atoms with Gasteiger partial charge in [0, 0.05) is 32.7 Å². The zero-order valence-electron chi connectivity index (χ0n) is 20.6. The monoisotopic (exact) mass is 514 g/mol. The predicted molar refractivity (Wildman–Crippen MR) is 135 cm³/mol. The van der Waals surface area contributed by atoms with Crippen molar-refractivity contribution in [3.8, 4) is 17.1 Å². The number of hydrogen-bond acceptors (Lipinski definition) is 8. The first-order valence-electron chi connectivity index (χ1n) is 12.1. The molecular formula is C23H30N8O4S. The highest BCUT2D eigenvalue weighted by Gasteiger charge is 2.29. The van der Waals surface area contributed by atoms with Gasteiger partial charge in [-0.3, -0.25) is 4.57 Å². The minimum Gasteiger partial charge on any atom is -0.493 e. The minimum absolute atomic E-state index is 0.168. The van der Waals surface area contributed by atoms with Crippen LogP contribution in [0.25, 0.3) is 28.2 Å². The second kappa shape index (κ2) is 9.64. The summed E-state index contributed by atoms with van der Waals surface area (Å²) >= 11 is 0. The Balaban J connectivity index is 1.67. The van der Waals surface area contributed by atoms with Crippen LogP contribution in [-0.4, -0.2) is 86.6 Å². The van der Waals surface area contributed by atoms with E-state index in [2.05, 4.69) is 27.0 Å². The van der Waals surface area contributed by atoms with Gasteiger partial charge in [0.05, 0.1) is 17.1 Å². The molecular weight excluding hydrogens is 484 g/mol. The maximum absolute atomic E-state index is 13.4. The molecule has 4 aromatic rings. The van der Waals surface area contributed by atoms with Gasteiger partial charge in [0.15, 0.2) is 11.3 Å². The molecule has 1 aliphatic rings. The Morgan fingerprint density at radius 3 is 2.61 bits per heavy atom. The van der Waals surface area contributed by atoms with Crippen molar-refractivity contribution in [2.24, 2.45) is 0 Å². The lowest BCUT2D eigenvalue weighted by Gasteiger charge is -2.31. The van der Waals surface area contributed by atoms with E-state index in [1.54, 1.807) is 22.8 Å². The number of imidazole rings is 1. The Morgan fingerprint density at radius 2 is 1.89 bits per heavy atom. The molecule has 4 heterocycles. The number of sulfonamides is 1. The smallest absolute Gasteiger partial charge is 0.336 e. The molecule has 12 nitrogen and oxygen atoms in total. The first-order chi connectivity index (χ1) is 17.3. The third kappa shape index (κ3) is 4.16. The molecule has 1 aliphatic heterocycles. The van der Waals surface area contributed by atoms with Crippen molar-refractivity contribution in [2.75, 3.05) is 39.8 Å². The van der Waals surface area contributed by atoms with Crippen LogP contribution in [0.4, 0.5) is 0 Å². The van der Waals surface area contributed by atoms with Crippen LogP contribution < -0.4 is 10.4 Å². The van der Waals surface area contributed by atoms with Crippen molar-refractivity contribution in [1.82, 2.24) is 38.3 Å². The van der Waals surface area contributed by atoms with E-state index < -0.39 is 10.0 Å². The molecule has 1 fully saturated rings. The molecule has 0 bridgehead atoms. The average molecular weight is 515 g/mol. The van der Waals surface area contributed by atoms with Crippen LogP contribution in [0.2, 0.25) is 0 Å². The summed E-state index contributed by atoms with van der Waals surface area (Å²) in [6.07, 6.45) is 3.09. The van der Waals surface area contributed by atoms with Gasteiger partial charge in [-0.1, -0.05) is 13.3 Å². The van der Waals surface area contributed by atoms with Crippen molar-refractivity contribution in [3.05, 3.63) is 35.0 Å². The molecule has 0 aliphatic carbocycles. The molecule has 1 saturated heterocycles. The summed E-state index contributed by atoms with van der Waals surface area (Å²) in [4.78, 5) is 23.4. The highest BCUT2D eigenvalue weighted by Crippen LogP contribution is 2.33. The Morgan fingerprint density at radius 1 is 1.11 bits per heavy atom. The number of hydrogen-bond donors (Lipinski definition) is 1. The fraction of sp³-hybridized carbons (Fsp3) is 0.478. The van der Waals surface area contributed by atoms with Crippen molar-refractivity contribution in [1.29, 1.82) is 0 Å². The number of benzene rings is 1. The van der Waals surface area contributed by atoms with E-state index in [1.165, 1.54) is 15.0 Å². The molecule has 36 heavy (non-hydrogen) atoms. The molecule has 3 aromatic heterocycles. The van der Waals surface area contributed by atoms with Crippen LogP contribution >= 0.6 is 0 Å². The van der Waals surface area contributed by atoms with Crippen LogP contribution in [0, 0.1) is 0 Å². The highest BCUT2D eigenvalue weighted by molar-refractivity contribution is 7.89. The van der Waals surface area contributed by atoms with Gasteiger partial charge in [-0.2, -0.15) is 4.31 Å². The molecule has 0 spiro atoms. The molecule has 1 N–H and O–H groups in total. The number of unbranched alkanes of at least 4 members (excludes halogenated alkanes) is 1. The summed E-state index contributed by atoms with van der Waals surface area (Å²) in [5.41, 5.74) is 1.58. The largest absolute Gasteiger partial charge is 0.493 e. The van der Waals surface area contributed by atoms with Crippen LogP contribution in [0.15, 0.2) is 34.2 Å². The lowest BCUT2D eigenvalue weighted by molar-refractivity contribution is 0.222. The average Bonchev–Trinajstić information content (AvgIpc) is 3.52. The quantitative estimate of drug-likeness (QED) is 0.375. The third-order valence-electron chi connectivity index (χ3n) is 6.49. The SMILES string of the molecule is CCCCn1c(=O)n2cnnc2c2[nH]c(-c3cc(S(=O)(=O)N4CCN(C)CC4)ccc3OCC)nc21. The Labute approximate surface area is 208 Å². The number of aromatic nitrogens is 6. The molecule has 13 heteroatoms. The predicted octanol–water partition coefficient (Wildman–Crippen LogP) is 1.57. The number of H-pyrrole nitrogens is 1. The van der Waals surface area contributed by atoms with Crippen LogP contribution in [0.1, 0.15) is 26.7 Å². The number of aromatic amines is 1. The summed E-state index contributed by atoms with van der Waals surface area (Å²) in [7, 11) is -1.72. The third-order valence-corrected chi connectivity index (χ3v) is 8.38. The van der Waals surface area contributed by atoms with E-state index in [9.17, 15) is 13.2 Å². The number of ether oxygens (including phenoxy) is 1. The van der Waals surface area contributed by atoms with Gasteiger partial charge >= 0.3 is 5.69 Å². The first-order valence-corrected chi connectivity index (χ1v) is 13.6. The van der Waals surface area contributed by atoms with Crippen molar-refractivity contribution < 1.29 is 13.2 Å². The number of nitrogens with one attached hydrogen (secondary N) is 1. The summed E-state index contributed by atoms with van der Waals surface area (Å²) in [5, 5.41) is 8.01. The van der Waals surface area contributed by atoms with Crippen LogP contribution in [-0.2, 0) is 16.6 Å². The van der Waals surface area contributed by atoms with Crippen LogP contribution in [0.5, 0.6) is 5.75 Å². The lowest BCUT2D eigenvalue weighted by atomic mass is 10.2. The van der Waals surface area contributed by atoms with E-state index in [4.69, 9.17) is 9.72 Å². The van der Waals surface area contributed by atoms with Crippen molar-refractivity contribution >= 4 is 26.8 Å². The summed E-state index contributed by atoms with van der Waals surface area (Å²) in [5.74, 6) is 0.887. The van der Waals surface area contributed by atoms with E-state index in [0.717, 1.165) is 12.8 Å². The van der Waals surface area contributed by atoms with Gasteiger partial charge in [0.25, 0.3) is 0 Å². The van der Waals surface area contributed by atoms with Crippen molar-refractivity contribution in [2.45, 2.75) is 38.1 Å². The summed E-state index contributed by atoms with van der Waals surface area (Å²) in [6, 6.07) is 4.82. The van der Waals surface area contributed by atoms with Crippen LogP contribution in [0.3, 0.4) is 0 Å². The van der Waals surface area contributed by atoms with E-state index in [-0.39, 0.29) is 10.6 Å². The van der Waals surface area contributed by atoms with Gasteiger partial charge in [-0.15, -0.1) is 10.2 Å². The van der Waals surface area contributed by atoms with Gasteiger partial charge < -0.3 is 14.6 Å². The van der Waals surface area contributed by atoms with Gasteiger partial charge in [-0.05, 0) is 38.6 Å². The zero-order chi connectivity index (χ0) is 25.4. The first kappa shape index (κ1) is 24.4. The maximum Gasteiger partial charge on any atom is 0.336 e. The minimum atomic E-state index is -3.70. The summed E-state index contributed by atoms with van der Waals surface area (Å²) < 4.78 is 37.2. The molecule has 192 valence electrons. The fourth-order valence-corrected chi connectivity index (χ4v) is 5.89. The molecule has 0 unspecified atom stereocenters. The number of fused-ring (bicyclic) bond motifs is 3. The fourth-order valence-electron chi connectivity index (χ4n) is 4.44. The second-order valence-electron chi connectivity index (χ2n) is 8.89. The highest BCUT2D eigenvalue weighted by atomic mass is 32.2. The zero-order valence-corrected chi connectivity index (χ0v) is 21.5. The van der Waals surface area contributed by atoms with E-state index in [1.807, 2.05) is 14.0 Å². The second-order valence-corrected chi connectivity index (χ2v) is 10.8. The molecule has 0 radical (unpaired) electrons. The lowest BCUT2D eigenvalue weighted by Crippen LogP contribution is -2.47. The molecule has 0 saturated carbocycles. The number of likely N-dealkylation sites (N-methyl/N-ethyl adjacent to an activating group) is 1. The van der Waals surface area contributed by atoms with Gasteiger partial charge in [0.2, 0.25) is 10.0 Å². The number of aryl methyl sites for hydroxylation is 1. The van der Waals surface area contributed by atoms with E-state index in [0.29, 0.717) is 73.3 Å². The standard InChI is InChI=1S/C23H30N8O4S/c1-4-6-9-30-21-19(22-27-24-15-31(22)23(30)32)25-20(26-21)17-14-16(7-8-18(17)35-5-2)36(33,34)29-12-10-28(3)11-13-29/h7-8,14-15H,4-6,9-13H2,1-3H3,(H,25,26). The molecule has 0 amide bonds. The van der Waals surface area contributed by atoms with Crippen molar-refractivity contribution in [3.63, 3.8) is 0 Å². The normalized spacial score (nSPS) is 15.8. The Kier molecular flexibility index (Phi) is 6.53. The number of nitrogens with zero attached hydrogens (tertiary/aromatic N) is 7. The number of rotatable bonds is 8. The molecule has 5 rings (SSSR count). The molecule has 0 atom stereocenters. The Bertz CT molecular complexity index is 1560. The maximum atomic E-state index is 13.4. The summed E-state index contributed by atoms with van der Waals surface area (Å²) in [6.45, 7) is 7.01. The number of piperazine rings is 1. The topological polar surface area (TPSA) is 131 Å². The molecule has 1 aromatic carbocycles.